The first-order chi connectivity index (χ1) is 24.2. The number of nitrogens with zero attached hydrogens (tertiary/aromatic N) is 2. The lowest BCUT2D eigenvalue weighted by molar-refractivity contribution is -0.144. The number of rotatable bonds is 14. The molecule has 4 N–H and O–H groups in total. The van der Waals surface area contributed by atoms with Crippen LogP contribution < -0.4 is 21.3 Å². The van der Waals surface area contributed by atoms with E-state index >= 15 is 0 Å². The number of carbonyl (C=O) groups excluding carboxylic acids is 6. The molecule has 2 saturated heterocycles. The van der Waals surface area contributed by atoms with Gasteiger partial charge in [0.15, 0.2) is 0 Å². The lowest BCUT2D eigenvalue weighted by Crippen LogP contribution is -2.62. The largest absolute Gasteiger partial charge is 0.346 e. The minimum absolute atomic E-state index is 0.0259. The molecule has 0 aromatic heterocycles. The number of hydrogen-bond acceptors (Lipinski definition) is 6. The molecule has 51 heavy (non-hydrogen) atoms. The molecule has 0 aromatic rings. The first-order valence-corrected chi connectivity index (χ1v) is 19.6. The van der Waals surface area contributed by atoms with Gasteiger partial charge in [0.05, 0.1) is 12.1 Å². The van der Waals surface area contributed by atoms with E-state index < -0.39 is 47.2 Å². The second-order valence-electron chi connectivity index (χ2n) is 17.6. The van der Waals surface area contributed by atoms with E-state index in [4.69, 9.17) is 0 Å². The molecule has 2 heterocycles. The van der Waals surface area contributed by atoms with E-state index in [1.807, 2.05) is 25.7 Å². The van der Waals surface area contributed by atoms with Gasteiger partial charge < -0.3 is 31.1 Å². The van der Waals surface area contributed by atoms with Crippen LogP contribution in [-0.4, -0.2) is 95.6 Å². The second kappa shape index (κ2) is 14.5. The Labute approximate surface area is 303 Å². The maximum Gasteiger partial charge on any atom is 0.315 e. The van der Waals surface area contributed by atoms with Crippen LogP contribution in [0, 0.1) is 46.3 Å². The summed E-state index contributed by atoms with van der Waals surface area (Å²) in [6.07, 6.45) is 9.86. The number of hydrogen-bond donors (Lipinski definition) is 4. The molecule has 6 rings (SSSR count). The van der Waals surface area contributed by atoms with Crippen LogP contribution in [0.4, 0.5) is 4.79 Å². The average molecular weight is 709 g/mol. The summed E-state index contributed by atoms with van der Waals surface area (Å²) in [6.45, 7) is 15.4. The fraction of sp³-hybridized carbons (Fsp3) is 0.795. The number of fused-ring (bicyclic) bond motifs is 2. The van der Waals surface area contributed by atoms with E-state index in [2.05, 4.69) is 41.7 Å². The molecule has 6 fully saturated rings. The molecule has 6 amide bonds. The highest BCUT2D eigenvalue weighted by molar-refractivity contribution is 6.38. The molecule has 6 aliphatic rings. The SMILES string of the molecule is C=CCNC(=O)C(=O)C(CC1CCC1)NC(=O)[C@@H]1[C@H]2CCC[C@H]2CN1C(=O)[C@@H](NC(=O)N[C@H](CN1CCCCC1=O)C12C(C)C1C2C)C(C)(C)C. The van der Waals surface area contributed by atoms with Gasteiger partial charge in [-0.05, 0) is 73.0 Å². The van der Waals surface area contributed by atoms with E-state index in [9.17, 15) is 28.8 Å². The fourth-order valence-electron chi connectivity index (χ4n) is 10.5. The number of nitrogens with one attached hydrogen (secondary N) is 4. The number of amides is 6. The van der Waals surface area contributed by atoms with Crippen molar-refractivity contribution in [2.24, 2.45) is 46.3 Å². The van der Waals surface area contributed by atoms with Crippen molar-refractivity contribution in [3.8, 4) is 0 Å². The summed E-state index contributed by atoms with van der Waals surface area (Å²) >= 11 is 0. The third-order valence-electron chi connectivity index (χ3n) is 13.6. The van der Waals surface area contributed by atoms with Crippen molar-refractivity contribution in [3.05, 3.63) is 12.7 Å². The Balaban J connectivity index is 1.18. The molecule has 0 spiro atoms. The highest BCUT2D eigenvalue weighted by atomic mass is 16.2. The Morgan fingerprint density at radius 3 is 2.25 bits per heavy atom. The first kappa shape index (κ1) is 37.3. The summed E-state index contributed by atoms with van der Waals surface area (Å²) in [6, 6.07) is -3.37. The van der Waals surface area contributed by atoms with Gasteiger partial charge in [0, 0.05) is 38.0 Å². The lowest BCUT2D eigenvalue weighted by atomic mass is 9.80. The van der Waals surface area contributed by atoms with Crippen LogP contribution in [-0.2, 0) is 24.0 Å². The molecule has 2 aliphatic heterocycles. The van der Waals surface area contributed by atoms with Crippen molar-refractivity contribution in [1.82, 2.24) is 31.1 Å². The molecule has 3 unspecified atom stereocenters. The molecule has 0 aromatic carbocycles. The molecule has 0 bridgehead atoms. The number of carbonyl (C=O) groups is 6. The van der Waals surface area contributed by atoms with Gasteiger partial charge in [0.2, 0.25) is 23.5 Å². The molecule has 4 saturated carbocycles. The normalized spacial score (nSPS) is 32.8. The maximum atomic E-state index is 14.6. The van der Waals surface area contributed by atoms with Gasteiger partial charge in [-0.3, -0.25) is 24.0 Å². The Morgan fingerprint density at radius 1 is 0.961 bits per heavy atom. The molecule has 282 valence electrons. The highest BCUT2D eigenvalue weighted by Gasteiger charge is 2.85. The van der Waals surface area contributed by atoms with E-state index in [-0.39, 0.29) is 47.6 Å². The van der Waals surface area contributed by atoms with Gasteiger partial charge in [-0.2, -0.15) is 0 Å². The molecular weight excluding hydrogens is 648 g/mol. The van der Waals surface area contributed by atoms with Crippen molar-refractivity contribution in [1.29, 1.82) is 0 Å². The van der Waals surface area contributed by atoms with Crippen molar-refractivity contribution in [3.63, 3.8) is 0 Å². The van der Waals surface area contributed by atoms with E-state index in [1.54, 1.807) is 4.90 Å². The fourth-order valence-corrected chi connectivity index (χ4v) is 10.5. The quantitative estimate of drug-likeness (QED) is 0.161. The van der Waals surface area contributed by atoms with Gasteiger partial charge in [-0.15, -0.1) is 6.58 Å². The van der Waals surface area contributed by atoms with Gasteiger partial charge in [-0.1, -0.05) is 66.4 Å². The summed E-state index contributed by atoms with van der Waals surface area (Å²) in [7, 11) is 0. The van der Waals surface area contributed by atoms with E-state index in [0.29, 0.717) is 50.2 Å². The van der Waals surface area contributed by atoms with Gasteiger partial charge in [-0.25, -0.2) is 4.79 Å². The Morgan fingerprint density at radius 2 is 1.67 bits per heavy atom. The summed E-state index contributed by atoms with van der Waals surface area (Å²) < 4.78 is 0. The number of Topliss-reactive ketones (excluding diaryl/α,β-unsaturated/α-hetero) is 1. The van der Waals surface area contributed by atoms with Crippen LogP contribution in [0.15, 0.2) is 12.7 Å². The summed E-state index contributed by atoms with van der Waals surface area (Å²) in [5, 5.41) is 11.7. The predicted molar refractivity (Wildman–Crippen MR) is 192 cm³/mol. The Kier molecular flexibility index (Phi) is 10.6. The minimum atomic E-state index is -0.978. The molecule has 8 atom stereocenters. The van der Waals surface area contributed by atoms with Gasteiger partial charge in [0.25, 0.3) is 5.91 Å². The number of piperidine rings is 1. The molecule has 12 nitrogen and oxygen atoms in total. The number of urea groups is 1. The van der Waals surface area contributed by atoms with Gasteiger partial charge in [0.1, 0.15) is 12.1 Å². The summed E-state index contributed by atoms with van der Waals surface area (Å²) in [4.78, 5) is 85.1. The van der Waals surface area contributed by atoms with Crippen LogP contribution in [0.5, 0.6) is 0 Å². The number of ketones is 1. The van der Waals surface area contributed by atoms with Crippen LogP contribution >= 0.6 is 0 Å². The highest BCUT2D eigenvalue weighted by Crippen LogP contribution is 2.85. The molecule has 0 radical (unpaired) electrons. The average Bonchev–Trinajstić information content (AvgIpc) is 3.69. The smallest absolute Gasteiger partial charge is 0.315 e. The number of likely N-dealkylation sites (tertiary alicyclic amines) is 2. The molecular formula is C39H60N6O6. The predicted octanol–water partition coefficient (Wildman–Crippen LogP) is 3.16. The first-order valence-electron chi connectivity index (χ1n) is 19.6. The van der Waals surface area contributed by atoms with Crippen molar-refractivity contribution in [2.45, 2.75) is 123 Å². The lowest BCUT2D eigenvalue weighted by Gasteiger charge is -2.38. The van der Waals surface area contributed by atoms with E-state index in [1.165, 1.54) is 6.08 Å². The third kappa shape index (κ3) is 7.17. The molecule has 12 heteroatoms. The second-order valence-corrected chi connectivity index (χ2v) is 17.6. The standard InChI is InChI=1S/C39H60N6O6/c1-7-17-40-35(49)32(47)27(19-24-12-10-13-24)41-34(48)31-26-15-11-14-25(26)20-45(31)36(50)33(38(4,5)6)43-37(51)42-28(39-22(2)30(39)23(39)3)21-44-18-9-8-16-29(44)46/h7,22-28,30-31,33H,1,8-21H2,2-6H3,(H,40,49)(H,41,48)(H2,42,43,51)/t22?,23?,25-,26-,27?,28+,30?,31-,33+,39?/m0/s1. The van der Waals surface area contributed by atoms with Crippen molar-refractivity contribution in [2.75, 3.05) is 26.2 Å². The monoisotopic (exact) mass is 708 g/mol. The maximum absolute atomic E-state index is 14.6. The zero-order chi connectivity index (χ0) is 36.8. The van der Waals surface area contributed by atoms with E-state index in [0.717, 1.165) is 51.4 Å². The Bertz CT molecular complexity index is 1410. The third-order valence-corrected chi connectivity index (χ3v) is 13.6. The molecule has 4 aliphatic carbocycles. The minimum Gasteiger partial charge on any atom is -0.346 e. The van der Waals surface area contributed by atoms with Crippen LogP contribution in [0.1, 0.15) is 98.8 Å². The van der Waals surface area contributed by atoms with Crippen molar-refractivity contribution < 1.29 is 28.8 Å². The summed E-state index contributed by atoms with van der Waals surface area (Å²) in [5.41, 5.74) is -0.708. The van der Waals surface area contributed by atoms with Crippen LogP contribution in [0.25, 0.3) is 0 Å². The summed E-state index contributed by atoms with van der Waals surface area (Å²) in [5.74, 6) is -0.245. The topological polar surface area (TPSA) is 157 Å². The zero-order valence-corrected chi connectivity index (χ0v) is 31.3. The van der Waals surface area contributed by atoms with Crippen LogP contribution in [0.3, 0.4) is 0 Å². The zero-order valence-electron chi connectivity index (χ0n) is 31.3. The van der Waals surface area contributed by atoms with Crippen molar-refractivity contribution >= 4 is 35.4 Å². The Hall–Kier alpha value is -3.44. The van der Waals surface area contributed by atoms with Gasteiger partial charge >= 0.3 is 6.03 Å². The van der Waals surface area contributed by atoms with Crippen LogP contribution in [0.2, 0.25) is 0 Å².